The Morgan fingerprint density at radius 3 is 3.12 bits per heavy atom. The van der Waals surface area contributed by atoms with Crippen LogP contribution in [0.4, 0.5) is 0 Å². The first-order valence-electron chi connectivity index (χ1n) is 5.05. The molecule has 0 fully saturated rings. The van der Waals surface area contributed by atoms with E-state index in [1.54, 1.807) is 0 Å². The first-order chi connectivity index (χ1) is 8.24. The average Bonchev–Trinajstić information content (AvgIpc) is 2.90. The number of H-pyrrole nitrogens is 1. The molecule has 7 heteroatoms. The number of rotatable bonds is 2. The first-order valence-corrected chi connectivity index (χ1v) is 5.46. The molecule has 0 atom stereocenters. The summed E-state index contributed by atoms with van der Waals surface area (Å²) in [5.74, 6) is 0.574. The molecule has 0 aliphatic heterocycles. The van der Waals surface area contributed by atoms with Crippen LogP contribution in [0.3, 0.4) is 0 Å². The number of hydrogen-bond donors (Lipinski definition) is 1. The maximum absolute atomic E-state index is 5.25. The van der Waals surface area contributed by atoms with Crippen molar-refractivity contribution in [3.05, 3.63) is 34.8 Å². The van der Waals surface area contributed by atoms with Crippen LogP contribution in [0.15, 0.2) is 23.0 Å². The molecule has 0 amide bonds. The van der Waals surface area contributed by atoms with Crippen molar-refractivity contribution in [1.29, 1.82) is 0 Å². The standard InChI is InChI=1S/C10H9N5OS/c1-6-2-3-7-9(12-6)15(10(17)13-7)4-8-11-5-16-14-8/h2-3,5H,4H2,1H3,(H,13,17). The van der Waals surface area contributed by atoms with Gasteiger partial charge < -0.3 is 9.51 Å². The molecule has 0 aliphatic rings. The Hall–Kier alpha value is -2.02. The Kier molecular flexibility index (Phi) is 2.25. The Bertz CT molecular complexity index is 712. The second kappa shape index (κ2) is 3.77. The van der Waals surface area contributed by atoms with Crippen molar-refractivity contribution in [3.8, 4) is 0 Å². The van der Waals surface area contributed by atoms with E-state index < -0.39 is 0 Å². The molecule has 17 heavy (non-hydrogen) atoms. The molecule has 0 bridgehead atoms. The number of nitrogens with one attached hydrogen (secondary N) is 1. The van der Waals surface area contributed by atoms with E-state index >= 15 is 0 Å². The third-order valence-electron chi connectivity index (χ3n) is 2.46. The molecule has 0 spiro atoms. The SMILES string of the molecule is Cc1ccc2[nH]c(=S)n(Cc3ncon3)c2n1. The number of nitrogens with zero attached hydrogens (tertiary/aromatic N) is 4. The summed E-state index contributed by atoms with van der Waals surface area (Å²) in [4.78, 5) is 11.5. The summed E-state index contributed by atoms with van der Waals surface area (Å²) in [6, 6.07) is 3.90. The topological polar surface area (TPSA) is 72.5 Å². The molecule has 0 saturated carbocycles. The fourth-order valence-electron chi connectivity index (χ4n) is 1.68. The number of fused-ring (bicyclic) bond motifs is 1. The van der Waals surface area contributed by atoms with Crippen LogP contribution in [0.25, 0.3) is 11.2 Å². The summed E-state index contributed by atoms with van der Waals surface area (Å²) >= 11 is 5.25. The Labute approximate surface area is 101 Å². The number of hydrogen-bond acceptors (Lipinski definition) is 5. The summed E-state index contributed by atoms with van der Waals surface area (Å²) in [5, 5.41) is 3.77. The van der Waals surface area contributed by atoms with E-state index in [1.165, 1.54) is 6.39 Å². The van der Waals surface area contributed by atoms with E-state index in [1.807, 2.05) is 23.6 Å². The molecule has 3 aromatic heterocycles. The zero-order valence-electron chi connectivity index (χ0n) is 9.04. The molecule has 3 rings (SSSR count). The van der Waals surface area contributed by atoms with Crippen LogP contribution in [0.5, 0.6) is 0 Å². The molecule has 6 nitrogen and oxygen atoms in total. The van der Waals surface area contributed by atoms with Crippen LogP contribution in [0, 0.1) is 11.7 Å². The smallest absolute Gasteiger partial charge is 0.213 e. The molecular weight excluding hydrogens is 238 g/mol. The first kappa shape index (κ1) is 10.2. The highest BCUT2D eigenvalue weighted by Crippen LogP contribution is 2.13. The van der Waals surface area contributed by atoms with Gasteiger partial charge in [-0.2, -0.15) is 4.98 Å². The monoisotopic (exact) mass is 247 g/mol. The van der Waals surface area contributed by atoms with Gasteiger partial charge >= 0.3 is 0 Å². The lowest BCUT2D eigenvalue weighted by Gasteiger charge is -1.99. The summed E-state index contributed by atoms with van der Waals surface area (Å²) in [6.45, 7) is 2.39. The molecule has 86 valence electrons. The van der Waals surface area contributed by atoms with Crippen LogP contribution in [0.2, 0.25) is 0 Å². The van der Waals surface area contributed by atoms with Gasteiger partial charge in [0, 0.05) is 5.69 Å². The second-order valence-electron chi connectivity index (χ2n) is 3.69. The molecule has 0 saturated heterocycles. The molecule has 1 N–H and O–H groups in total. The molecule has 0 radical (unpaired) electrons. The van der Waals surface area contributed by atoms with Gasteiger partial charge in [-0.15, -0.1) is 0 Å². The maximum Gasteiger partial charge on any atom is 0.213 e. The van der Waals surface area contributed by atoms with Crippen LogP contribution in [-0.2, 0) is 6.54 Å². The number of aromatic nitrogens is 5. The number of pyridine rings is 1. The number of aryl methyl sites for hydroxylation is 1. The fourth-order valence-corrected chi connectivity index (χ4v) is 1.94. The van der Waals surface area contributed by atoms with E-state index in [2.05, 4.69) is 20.1 Å². The van der Waals surface area contributed by atoms with E-state index in [0.29, 0.717) is 17.1 Å². The van der Waals surface area contributed by atoms with Gasteiger partial charge in [0.05, 0.1) is 12.1 Å². The van der Waals surface area contributed by atoms with Crippen molar-refractivity contribution < 1.29 is 4.52 Å². The average molecular weight is 247 g/mol. The fraction of sp³-hybridized carbons (Fsp3) is 0.200. The van der Waals surface area contributed by atoms with Gasteiger partial charge in [0.1, 0.15) is 0 Å². The molecule has 3 aromatic rings. The lowest BCUT2D eigenvalue weighted by molar-refractivity contribution is 0.408. The largest absolute Gasteiger partial charge is 0.343 e. The maximum atomic E-state index is 5.25. The van der Waals surface area contributed by atoms with Gasteiger partial charge in [-0.25, -0.2) is 4.98 Å². The van der Waals surface area contributed by atoms with E-state index in [4.69, 9.17) is 16.7 Å². The highest BCUT2D eigenvalue weighted by molar-refractivity contribution is 7.71. The van der Waals surface area contributed by atoms with E-state index in [-0.39, 0.29) is 0 Å². The van der Waals surface area contributed by atoms with Crippen LogP contribution in [-0.4, -0.2) is 24.7 Å². The van der Waals surface area contributed by atoms with Crippen molar-refractivity contribution in [2.45, 2.75) is 13.5 Å². The van der Waals surface area contributed by atoms with Gasteiger partial charge in [0.25, 0.3) is 0 Å². The van der Waals surface area contributed by atoms with Crippen LogP contribution >= 0.6 is 12.2 Å². The number of aromatic amines is 1. The molecule has 0 aliphatic carbocycles. The quantitative estimate of drug-likeness (QED) is 0.699. The summed E-state index contributed by atoms with van der Waals surface area (Å²) < 4.78 is 7.15. The Morgan fingerprint density at radius 2 is 2.35 bits per heavy atom. The lowest BCUT2D eigenvalue weighted by atomic mass is 10.3. The minimum absolute atomic E-state index is 0.450. The Morgan fingerprint density at radius 1 is 1.47 bits per heavy atom. The van der Waals surface area contributed by atoms with Crippen LogP contribution < -0.4 is 0 Å². The summed E-state index contributed by atoms with van der Waals surface area (Å²) in [6.07, 6.45) is 1.30. The highest BCUT2D eigenvalue weighted by atomic mass is 32.1. The highest BCUT2D eigenvalue weighted by Gasteiger charge is 2.08. The minimum atomic E-state index is 0.450. The zero-order valence-corrected chi connectivity index (χ0v) is 9.86. The second-order valence-corrected chi connectivity index (χ2v) is 4.07. The summed E-state index contributed by atoms with van der Waals surface area (Å²) in [7, 11) is 0. The molecule has 0 aromatic carbocycles. The van der Waals surface area contributed by atoms with Gasteiger partial charge in [-0.3, -0.25) is 4.57 Å². The molecular formula is C10H9N5OS. The van der Waals surface area contributed by atoms with Gasteiger partial charge in [-0.1, -0.05) is 5.16 Å². The van der Waals surface area contributed by atoms with Crippen LogP contribution in [0.1, 0.15) is 11.5 Å². The lowest BCUT2D eigenvalue weighted by Crippen LogP contribution is -2.02. The van der Waals surface area contributed by atoms with Gasteiger partial charge in [0.15, 0.2) is 16.2 Å². The third kappa shape index (κ3) is 1.74. The van der Waals surface area contributed by atoms with E-state index in [9.17, 15) is 0 Å². The van der Waals surface area contributed by atoms with E-state index in [0.717, 1.165) is 16.9 Å². The predicted octanol–water partition coefficient (Wildman–Crippen LogP) is 1.83. The molecule has 3 heterocycles. The number of imidazole rings is 1. The third-order valence-corrected chi connectivity index (χ3v) is 2.79. The van der Waals surface area contributed by atoms with Crippen molar-refractivity contribution >= 4 is 23.4 Å². The van der Waals surface area contributed by atoms with Crippen molar-refractivity contribution in [2.75, 3.05) is 0 Å². The van der Waals surface area contributed by atoms with Crippen molar-refractivity contribution in [1.82, 2.24) is 24.7 Å². The van der Waals surface area contributed by atoms with Crippen molar-refractivity contribution in [2.24, 2.45) is 0 Å². The minimum Gasteiger partial charge on any atom is -0.343 e. The van der Waals surface area contributed by atoms with Gasteiger partial charge in [-0.05, 0) is 31.3 Å². The zero-order chi connectivity index (χ0) is 11.8. The Balaban J connectivity index is 2.17. The van der Waals surface area contributed by atoms with Crippen molar-refractivity contribution in [3.63, 3.8) is 0 Å². The molecule has 0 unspecified atom stereocenters. The summed E-state index contributed by atoms with van der Waals surface area (Å²) in [5.41, 5.74) is 2.65. The normalized spacial score (nSPS) is 11.1. The van der Waals surface area contributed by atoms with Gasteiger partial charge in [0.2, 0.25) is 6.39 Å². The predicted molar refractivity (Wildman–Crippen MR) is 63.1 cm³/mol.